The van der Waals surface area contributed by atoms with E-state index in [-0.39, 0.29) is 12.2 Å². The van der Waals surface area contributed by atoms with Gasteiger partial charge in [-0.2, -0.15) is 4.39 Å². The number of nitro groups is 1. The number of ether oxygens (including phenoxy) is 1. The highest BCUT2D eigenvalue weighted by Crippen LogP contribution is 2.25. The van der Waals surface area contributed by atoms with Crippen LogP contribution in [0.1, 0.15) is 16.7 Å². The van der Waals surface area contributed by atoms with Crippen LogP contribution < -0.4 is 4.74 Å². The number of alkyl halides is 1. The first-order chi connectivity index (χ1) is 10.0. The Morgan fingerprint density at radius 1 is 1.29 bits per heavy atom. The molecule has 0 saturated heterocycles. The number of halogens is 2. The molecule has 0 aromatic heterocycles. The fraction of sp³-hybridized carbons (Fsp3) is 0.200. The molecule has 0 bridgehead atoms. The smallest absolute Gasteiger partial charge is 0.305 e. The second-order valence-corrected chi connectivity index (χ2v) is 5.10. The molecule has 4 nitrogen and oxygen atoms in total. The largest absolute Gasteiger partial charge is 0.488 e. The summed E-state index contributed by atoms with van der Waals surface area (Å²) in [6.07, 6.45) is 0. The average molecular weight is 354 g/mol. The molecule has 0 radical (unpaired) electrons. The van der Waals surface area contributed by atoms with Gasteiger partial charge in [-0.1, -0.05) is 45.8 Å². The van der Waals surface area contributed by atoms with Gasteiger partial charge in [-0.3, -0.25) is 10.1 Å². The molecule has 2 rings (SSSR count). The Morgan fingerprint density at radius 3 is 2.71 bits per heavy atom. The summed E-state index contributed by atoms with van der Waals surface area (Å²) in [5.41, 5.74) is 1.66. The van der Waals surface area contributed by atoms with Gasteiger partial charge >= 0.3 is 5.69 Å². The maximum absolute atomic E-state index is 13.9. The SMILES string of the molecule is Cc1ccc(OCc2cccc([N+](=O)[O-])c2F)c(CBr)c1. The molecule has 0 aliphatic heterocycles. The van der Waals surface area contributed by atoms with Gasteiger partial charge in [-0.05, 0) is 13.0 Å². The van der Waals surface area contributed by atoms with Gasteiger partial charge in [0.1, 0.15) is 12.4 Å². The molecular weight excluding hydrogens is 341 g/mol. The highest BCUT2D eigenvalue weighted by atomic mass is 79.9. The van der Waals surface area contributed by atoms with Crippen LogP contribution >= 0.6 is 15.9 Å². The summed E-state index contributed by atoms with van der Waals surface area (Å²) in [5, 5.41) is 11.3. The third kappa shape index (κ3) is 3.58. The molecule has 0 N–H and O–H groups in total. The van der Waals surface area contributed by atoms with Crippen LogP contribution in [0.3, 0.4) is 0 Å². The Labute approximate surface area is 129 Å². The van der Waals surface area contributed by atoms with Crippen molar-refractivity contribution >= 4 is 21.6 Å². The topological polar surface area (TPSA) is 52.4 Å². The fourth-order valence-corrected chi connectivity index (χ4v) is 2.37. The molecule has 0 fully saturated rings. The number of benzene rings is 2. The monoisotopic (exact) mass is 353 g/mol. The zero-order chi connectivity index (χ0) is 15.4. The molecule has 110 valence electrons. The molecular formula is C15H13BrFNO3. The van der Waals surface area contributed by atoms with Gasteiger partial charge in [0.2, 0.25) is 5.82 Å². The summed E-state index contributed by atoms with van der Waals surface area (Å²) in [6, 6.07) is 9.72. The van der Waals surface area contributed by atoms with E-state index in [1.165, 1.54) is 12.1 Å². The van der Waals surface area contributed by atoms with E-state index in [9.17, 15) is 14.5 Å². The summed E-state index contributed by atoms with van der Waals surface area (Å²) in [7, 11) is 0. The minimum absolute atomic E-state index is 0.0590. The number of aryl methyl sites for hydroxylation is 1. The van der Waals surface area contributed by atoms with E-state index in [0.29, 0.717) is 11.1 Å². The summed E-state index contributed by atoms with van der Waals surface area (Å²) in [6.45, 7) is 1.91. The maximum Gasteiger partial charge on any atom is 0.305 e. The van der Waals surface area contributed by atoms with Crippen molar-refractivity contribution in [1.29, 1.82) is 0 Å². The lowest BCUT2D eigenvalue weighted by atomic mass is 10.1. The highest BCUT2D eigenvalue weighted by Gasteiger charge is 2.17. The minimum Gasteiger partial charge on any atom is -0.488 e. The first-order valence-electron chi connectivity index (χ1n) is 6.23. The van der Waals surface area contributed by atoms with E-state index < -0.39 is 16.4 Å². The van der Waals surface area contributed by atoms with Gasteiger partial charge < -0.3 is 4.74 Å². The maximum atomic E-state index is 13.9. The molecule has 0 amide bonds. The van der Waals surface area contributed by atoms with Gasteiger partial charge in [0.05, 0.1) is 4.92 Å². The molecule has 0 aliphatic rings. The van der Waals surface area contributed by atoms with E-state index in [4.69, 9.17) is 4.74 Å². The predicted molar refractivity (Wildman–Crippen MR) is 81.2 cm³/mol. The van der Waals surface area contributed by atoms with E-state index >= 15 is 0 Å². The van der Waals surface area contributed by atoms with Crippen LogP contribution in [0, 0.1) is 22.9 Å². The lowest BCUT2D eigenvalue weighted by Crippen LogP contribution is -2.03. The summed E-state index contributed by atoms with van der Waals surface area (Å²) in [4.78, 5) is 9.96. The van der Waals surface area contributed by atoms with Crippen molar-refractivity contribution in [2.75, 3.05) is 0 Å². The van der Waals surface area contributed by atoms with E-state index in [2.05, 4.69) is 15.9 Å². The third-order valence-electron chi connectivity index (χ3n) is 3.00. The van der Waals surface area contributed by atoms with Crippen LogP contribution in [-0.2, 0) is 11.9 Å². The summed E-state index contributed by atoms with van der Waals surface area (Å²) < 4.78 is 19.5. The Morgan fingerprint density at radius 2 is 2.05 bits per heavy atom. The molecule has 21 heavy (non-hydrogen) atoms. The molecule has 2 aromatic rings. The van der Waals surface area contributed by atoms with Crippen LogP contribution in [0.4, 0.5) is 10.1 Å². The van der Waals surface area contributed by atoms with Crippen molar-refractivity contribution in [1.82, 2.24) is 0 Å². The number of nitrogens with zero attached hydrogens (tertiary/aromatic N) is 1. The molecule has 2 aromatic carbocycles. The molecule has 0 aliphatic carbocycles. The predicted octanol–water partition coefficient (Wildman–Crippen LogP) is 4.52. The second-order valence-electron chi connectivity index (χ2n) is 4.54. The Bertz CT molecular complexity index is 676. The minimum atomic E-state index is -0.852. The van der Waals surface area contributed by atoms with Crippen LogP contribution in [0.2, 0.25) is 0 Å². The zero-order valence-electron chi connectivity index (χ0n) is 11.3. The number of hydrogen-bond donors (Lipinski definition) is 0. The Balaban J connectivity index is 2.21. The van der Waals surface area contributed by atoms with Crippen LogP contribution in [-0.4, -0.2) is 4.92 Å². The van der Waals surface area contributed by atoms with E-state index in [1.807, 2.05) is 19.1 Å². The summed E-state index contributed by atoms with van der Waals surface area (Å²) in [5.74, 6) is -0.224. The van der Waals surface area contributed by atoms with Crippen molar-refractivity contribution in [2.45, 2.75) is 18.9 Å². The Kier molecular flexibility index (Phi) is 4.90. The lowest BCUT2D eigenvalue weighted by Gasteiger charge is -2.11. The average Bonchev–Trinajstić information content (AvgIpc) is 2.46. The van der Waals surface area contributed by atoms with E-state index in [1.54, 1.807) is 6.07 Å². The summed E-state index contributed by atoms with van der Waals surface area (Å²) >= 11 is 3.37. The molecule has 6 heteroatoms. The van der Waals surface area contributed by atoms with Crippen LogP contribution in [0.25, 0.3) is 0 Å². The molecule has 0 saturated carbocycles. The van der Waals surface area contributed by atoms with Crippen molar-refractivity contribution < 1.29 is 14.1 Å². The van der Waals surface area contributed by atoms with Crippen molar-refractivity contribution in [2.24, 2.45) is 0 Å². The molecule has 0 unspecified atom stereocenters. The number of hydrogen-bond acceptors (Lipinski definition) is 3. The third-order valence-corrected chi connectivity index (χ3v) is 3.60. The van der Waals surface area contributed by atoms with Crippen molar-refractivity contribution in [3.8, 4) is 5.75 Å². The van der Waals surface area contributed by atoms with Crippen LogP contribution in [0.5, 0.6) is 5.75 Å². The molecule has 0 heterocycles. The van der Waals surface area contributed by atoms with E-state index in [0.717, 1.165) is 17.2 Å². The normalized spacial score (nSPS) is 10.4. The van der Waals surface area contributed by atoms with Gasteiger partial charge in [0.15, 0.2) is 0 Å². The second kappa shape index (κ2) is 6.67. The van der Waals surface area contributed by atoms with Gasteiger partial charge in [-0.15, -0.1) is 0 Å². The number of rotatable bonds is 5. The van der Waals surface area contributed by atoms with Crippen molar-refractivity contribution in [3.63, 3.8) is 0 Å². The molecule has 0 atom stereocenters. The fourth-order valence-electron chi connectivity index (χ4n) is 1.93. The van der Waals surface area contributed by atoms with Gasteiger partial charge in [0, 0.05) is 22.5 Å². The molecule has 0 spiro atoms. The van der Waals surface area contributed by atoms with Crippen LogP contribution in [0.15, 0.2) is 36.4 Å². The Hall–Kier alpha value is -1.95. The van der Waals surface area contributed by atoms with Gasteiger partial charge in [0.25, 0.3) is 0 Å². The van der Waals surface area contributed by atoms with Crippen molar-refractivity contribution in [3.05, 3.63) is 69.0 Å². The zero-order valence-corrected chi connectivity index (χ0v) is 12.9. The quantitative estimate of drug-likeness (QED) is 0.451. The highest BCUT2D eigenvalue weighted by molar-refractivity contribution is 9.08. The first-order valence-corrected chi connectivity index (χ1v) is 7.35. The first kappa shape index (κ1) is 15.4. The lowest BCUT2D eigenvalue weighted by molar-refractivity contribution is -0.387. The standard InChI is InChI=1S/C15H13BrFNO3/c1-10-5-6-14(12(7-10)8-16)21-9-11-3-2-4-13(15(11)17)18(19)20/h2-7H,8-9H2,1H3. The number of nitro benzene ring substituents is 1. The van der Waals surface area contributed by atoms with Gasteiger partial charge in [-0.25, -0.2) is 0 Å².